The van der Waals surface area contributed by atoms with Crippen molar-refractivity contribution in [1.29, 1.82) is 0 Å². The lowest BCUT2D eigenvalue weighted by Crippen LogP contribution is -2.01. The fraction of sp³-hybridized carbons (Fsp3) is 0.0455. The predicted octanol–water partition coefficient (Wildman–Crippen LogP) is 5.97. The number of rotatable bonds is 3. The Morgan fingerprint density at radius 1 is 0.800 bits per heavy atom. The largest absolute Gasteiger partial charge is 0.319 e. The Labute approximate surface area is 150 Å². The third-order valence-corrected chi connectivity index (χ3v) is 5.42. The van der Waals surface area contributed by atoms with Gasteiger partial charge in [-0.1, -0.05) is 54.6 Å². The number of benzene rings is 3. The Morgan fingerprint density at radius 2 is 1.64 bits per heavy atom. The summed E-state index contributed by atoms with van der Waals surface area (Å²) in [6.07, 6.45) is 0. The topological polar surface area (TPSA) is 17.8 Å². The molecule has 3 heteroatoms. The molecule has 2 nitrogen and oxygen atoms in total. The van der Waals surface area contributed by atoms with Gasteiger partial charge in [0, 0.05) is 6.54 Å². The molecule has 3 aromatic carbocycles. The summed E-state index contributed by atoms with van der Waals surface area (Å²) in [6.45, 7) is 0.818. The number of hydrogen-bond acceptors (Lipinski definition) is 2. The summed E-state index contributed by atoms with van der Waals surface area (Å²) < 4.78 is 2.32. The molecule has 0 aliphatic heterocycles. The zero-order valence-electron chi connectivity index (χ0n) is 13.6. The van der Waals surface area contributed by atoms with Crippen LogP contribution in [0.5, 0.6) is 0 Å². The Bertz CT molecular complexity index is 1170. The maximum Gasteiger partial charge on any atom is 0.151 e. The lowest BCUT2D eigenvalue weighted by atomic mass is 10.1. The van der Waals surface area contributed by atoms with Crippen molar-refractivity contribution in [2.75, 3.05) is 0 Å². The van der Waals surface area contributed by atoms with Crippen LogP contribution in [-0.2, 0) is 6.54 Å². The molecule has 5 aromatic rings. The summed E-state index contributed by atoms with van der Waals surface area (Å²) in [5.41, 5.74) is 3.52. The minimum absolute atomic E-state index is 0.818. The molecule has 0 amide bonds. The molecule has 0 aliphatic rings. The lowest BCUT2D eigenvalue weighted by Gasteiger charge is -2.09. The van der Waals surface area contributed by atoms with Gasteiger partial charge in [-0.3, -0.25) is 0 Å². The Morgan fingerprint density at radius 3 is 2.52 bits per heavy atom. The van der Waals surface area contributed by atoms with Gasteiger partial charge in [-0.25, -0.2) is 4.98 Å². The first-order valence-corrected chi connectivity index (χ1v) is 9.23. The van der Waals surface area contributed by atoms with Gasteiger partial charge in [0.1, 0.15) is 0 Å². The van der Waals surface area contributed by atoms with Crippen molar-refractivity contribution >= 4 is 33.1 Å². The molecule has 0 saturated carbocycles. The first-order chi connectivity index (χ1) is 12.4. The van der Waals surface area contributed by atoms with Gasteiger partial charge < -0.3 is 4.57 Å². The highest BCUT2D eigenvalue weighted by atomic mass is 32.1. The van der Waals surface area contributed by atoms with Gasteiger partial charge in [-0.05, 0) is 46.0 Å². The molecular weight excluding hydrogens is 324 g/mol. The van der Waals surface area contributed by atoms with Crippen LogP contribution in [0.25, 0.3) is 32.5 Å². The van der Waals surface area contributed by atoms with Crippen LogP contribution in [0.15, 0.2) is 84.2 Å². The molecule has 0 radical (unpaired) electrons. The van der Waals surface area contributed by atoms with Crippen LogP contribution in [0.2, 0.25) is 0 Å². The average molecular weight is 340 g/mol. The first kappa shape index (κ1) is 14.4. The van der Waals surface area contributed by atoms with Crippen molar-refractivity contribution in [1.82, 2.24) is 9.55 Å². The van der Waals surface area contributed by atoms with E-state index in [-0.39, 0.29) is 0 Å². The highest BCUT2D eigenvalue weighted by molar-refractivity contribution is 7.13. The number of aromatic nitrogens is 2. The van der Waals surface area contributed by atoms with E-state index < -0.39 is 0 Å². The van der Waals surface area contributed by atoms with Crippen molar-refractivity contribution in [3.63, 3.8) is 0 Å². The minimum Gasteiger partial charge on any atom is -0.319 e. The Balaban J connectivity index is 1.67. The van der Waals surface area contributed by atoms with Crippen LogP contribution >= 0.6 is 11.3 Å². The van der Waals surface area contributed by atoms with Gasteiger partial charge in [0.15, 0.2) is 5.82 Å². The van der Waals surface area contributed by atoms with E-state index in [0.717, 1.165) is 17.9 Å². The molecule has 5 rings (SSSR count). The third kappa shape index (κ3) is 2.53. The van der Waals surface area contributed by atoms with E-state index in [2.05, 4.69) is 82.7 Å². The van der Waals surface area contributed by atoms with Gasteiger partial charge in [0.25, 0.3) is 0 Å². The SMILES string of the molecule is c1csc(-c2nc3ccccc3n2Cc2ccc3ccccc3c2)c1. The van der Waals surface area contributed by atoms with Gasteiger partial charge in [0.05, 0.1) is 15.9 Å². The fourth-order valence-corrected chi connectivity index (χ4v) is 4.07. The predicted molar refractivity (Wildman–Crippen MR) is 106 cm³/mol. The zero-order valence-corrected chi connectivity index (χ0v) is 14.4. The number of imidazole rings is 1. The van der Waals surface area contributed by atoms with Crippen LogP contribution in [0.4, 0.5) is 0 Å². The highest BCUT2D eigenvalue weighted by Gasteiger charge is 2.13. The number of nitrogens with zero attached hydrogens (tertiary/aromatic N) is 2. The summed E-state index contributed by atoms with van der Waals surface area (Å²) in [4.78, 5) is 6.09. The van der Waals surface area contributed by atoms with Gasteiger partial charge in [0.2, 0.25) is 0 Å². The summed E-state index contributed by atoms with van der Waals surface area (Å²) >= 11 is 1.74. The van der Waals surface area contributed by atoms with Crippen LogP contribution in [0.3, 0.4) is 0 Å². The van der Waals surface area contributed by atoms with Gasteiger partial charge in [-0.2, -0.15) is 0 Å². The van der Waals surface area contributed by atoms with E-state index >= 15 is 0 Å². The summed E-state index contributed by atoms with van der Waals surface area (Å²) in [5, 5.41) is 4.66. The van der Waals surface area contributed by atoms with Crippen molar-refractivity contribution < 1.29 is 0 Å². The number of thiophene rings is 1. The van der Waals surface area contributed by atoms with E-state index in [1.54, 1.807) is 11.3 Å². The van der Waals surface area contributed by atoms with Crippen molar-refractivity contribution in [3.05, 3.63) is 89.8 Å². The highest BCUT2D eigenvalue weighted by Crippen LogP contribution is 2.29. The van der Waals surface area contributed by atoms with Gasteiger partial charge >= 0.3 is 0 Å². The van der Waals surface area contributed by atoms with Crippen LogP contribution < -0.4 is 0 Å². The van der Waals surface area contributed by atoms with Crippen molar-refractivity contribution in [3.8, 4) is 10.7 Å². The second-order valence-electron chi connectivity index (χ2n) is 6.17. The Hall–Kier alpha value is -2.91. The molecule has 0 spiro atoms. The molecule has 0 unspecified atom stereocenters. The summed E-state index contributed by atoms with van der Waals surface area (Å²) in [5.74, 6) is 1.05. The second-order valence-corrected chi connectivity index (χ2v) is 7.12. The first-order valence-electron chi connectivity index (χ1n) is 8.35. The zero-order chi connectivity index (χ0) is 16.6. The molecule has 0 bridgehead atoms. The van der Waals surface area contributed by atoms with Gasteiger partial charge in [-0.15, -0.1) is 11.3 Å². The van der Waals surface area contributed by atoms with Crippen molar-refractivity contribution in [2.24, 2.45) is 0 Å². The summed E-state index contributed by atoms with van der Waals surface area (Å²) in [6, 6.07) is 27.8. The van der Waals surface area contributed by atoms with E-state index in [4.69, 9.17) is 4.98 Å². The average Bonchev–Trinajstić information content (AvgIpc) is 3.30. The smallest absolute Gasteiger partial charge is 0.151 e. The standard InChI is InChI=1S/C22H16N2S/c1-2-7-18-14-16(11-12-17(18)6-1)15-24-20-9-4-3-8-19(20)23-22(24)21-10-5-13-25-21/h1-14H,15H2. The van der Waals surface area contributed by atoms with Crippen LogP contribution in [0, 0.1) is 0 Å². The van der Waals surface area contributed by atoms with Crippen molar-refractivity contribution in [2.45, 2.75) is 6.54 Å². The van der Waals surface area contributed by atoms with E-state index in [9.17, 15) is 0 Å². The van der Waals surface area contributed by atoms with Crippen LogP contribution in [0.1, 0.15) is 5.56 Å². The molecule has 0 aliphatic carbocycles. The van der Waals surface area contributed by atoms with E-state index in [1.165, 1.54) is 26.7 Å². The molecule has 0 N–H and O–H groups in total. The quantitative estimate of drug-likeness (QED) is 0.396. The normalized spacial score (nSPS) is 11.4. The maximum atomic E-state index is 4.89. The molecule has 0 fully saturated rings. The molecule has 0 saturated heterocycles. The lowest BCUT2D eigenvalue weighted by molar-refractivity contribution is 0.837. The molecule has 0 atom stereocenters. The van der Waals surface area contributed by atoms with Crippen LogP contribution in [-0.4, -0.2) is 9.55 Å². The minimum atomic E-state index is 0.818. The van der Waals surface area contributed by atoms with E-state index in [0.29, 0.717) is 0 Å². The number of hydrogen-bond donors (Lipinski definition) is 0. The number of fused-ring (bicyclic) bond motifs is 2. The molecule has 2 heterocycles. The molecule has 120 valence electrons. The third-order valence-electron chi connectivity index (χ3n) is 4.55. The van der Waals surface area contributed by atoms with E-state index in [1.807, 2.05) is 6.07 Å². The molecule has 2 aromatic heterocycles. The maximum absolute atomic E-state index is 4.89. The fourth-order valence-electron chi connectivity index (χ4n) is 3.35. The summed E-state index contributed by atoms with van der Waals surface area (Å²) in [7, 11) is 0. The Kier molecular flexibility index (Phi) is 3.39. The molecule has 25 heavy (non-hydrogen) atoms. The molecular formula is C22H16N2S. The second kappa shape index (κ2) is 5.87. The monoisotopic (exact) mass is 340 g/mol. The number of para-hydroxylation sites is 2.